The zero-order valence-corrected chi connectivity index (χ0v) is 13.8. The lowest BCUT2D eigenvalue weighted by atomic mass is 9.88. The Kier molecular flexibility index (Phi) is 4.99. The number of aryl methyl sites for hydroxylation is 1. The van der Waals surface area contributed by atoms with E-state index >= 15 is 0 Å². The average molecular weight is 322 g/mol. The number of rotatable bonds is 6. The lowest BCUT2D eigenvalue weighted by molar-refractivity contribution is -0.140. The van der Waals surface area contributed by atoms with Crippen molar-refractivity contribution in [2.24, 2.45) is 0 Å². The van der Waals surface area contributed by atoms with Crippen LogP contribution < -0.4 is 0 Å². The zero-order valence-electron chi connectivity index (χ0n) is 13.8. The second-order valence-electron chi connectivity index (χ2n) is 6.09. The van der Waals surface area contributed by atoms with E-state index < -0.39 is 6.10 Å². The Morgan fingerprint density at radius 2 is 1.67 bits per heavy atom. The molecule has 2 atom stereocenters. The third kappa shape index (κ3) is 3.35. The molecule has 0 saturated carbocycles. The molecule has 3 heteroatoms. The number of aliphatic hydroxyl groups excluding tert-OH is 1. The first-order valence-corrected chi connectivity index (χ1v) is 8.43. The number of ether oxygens (including phenoxy) is 1. The molecule has 2 unspecified atom stereocenters. The van der Waals surface area contributed by atoms with E-state index in [1.54, 1.807) is 0 Å². The van der Waals surface area contributed by atoms with Gasteiger partial charge >= 0.3 is 5.97 Å². The van der Waals surface area contributed by atoms with Crippen LogP contribution >= 0.6 is 0 Å². The Labute approximate surface area is 142 Å². The fourth-order valence-corrected chi connectivity index (χ4v) is 3.28. The van der Waals surface area contributed by atoms with Crippen LogP contribution in [0.4, 0.5) is 0 Å². The van der Waals surface area contributed by atoms with Crippen molar-refractivity contribution in [3.05, 3.63) is 83.1 Å². The Hall–Kier alpha value is -2.55. The number of cyclic esters (lactones) is 1. The largest absolute Gasteiger partial charge is 0.508 e. The summed E-state index contributed by atoms with van der Waals surface area (Å²) >= 11 is 0. The second-order valence-corrected chi connectivity index (χ2v) is 6.09. The number of esters is 1. The van der Waals surface area contributed by atoms with Gasteiger partial charge in [0.05, 0.1) is 5.57 Å². The van der Waals surface area contributed by atoms with Crippen molar-refractivity contribution in [3.8, 4) is 0 Å². The van der Waals surface area contributed by atoms with Crippen LogP contribution in [0.5, 0.6) is 0 Å². The Balaban J connectivity index is 1.79. The average Bonchev–Trinajstić information content (AvgIpc) is 2.90. The molecule has 0 amide bonds. The molecule has 0 aliphatic carbocycles. The SMILES string of the molecule is CCC(C1=C(O)C(CCc2ccccc2)OC1=O)c1ccccc1. The third-order valence-corrected chi connectivity index (χ3v) is 4.55. The van der Waals surface area contributed by atoms with Crippen LogP contribution in [-0.2, 0) is 16.0 Å². The van der Waals surface area contributed by atoms with Crippen molar-refractivity contribution in [2.75, 3.05) is 0 Å². The van der Waals surface area contributed by atoms with Crippen LogP contribution in [0.25, 0.3) is 0 Å². The molecule has 1 aliphatic heterocycles. The summed E-state index contributed by atoms with van der Waals surface area (Å²) in [6.07, 6.45) is 1.56. The molecule has 124 valence electrons. The van der Waals surface area contributed by atoms with Gasteiger partial charge in [-0.3, -0.25) is 0 Å². The van der Waals surface area contributed by atoms with E-state index in [1.807, 2.05) is 67.6 Å². The summed E-state index contributed by atoms with van der Waals surface area (Å²) in [6.45, 7) is 2.02. The number of hydrogen-bond donors (Lipinski definition) is 1. The van der Waals surface area contributed by atoms with Crippen LogP contribution in [0.15, 0.2) is 72.0 Å². The van der Waals surface area contributed by atoms with Gasteiger partial charge in [-0.1, -0.05) is 67.6 Å². The molecule has 24 heavy (non-hydrogen) atoms. The standard InChI is InChI=1S/C21H22O3/c1-2-17(16-11-7-4-8-12-16)19-20(22)18(24-21(19)23)14-13-15-9-5-3-6-10-15/h3-12,17-18,22H,2,13-14H2,1H3. The number of aliphatic hydroxyl groups is 1. The number of benzene rings is 2. The van der Waals surface area contributed by atoms with E-state index in [0.29, 0.717) is 12.0 Å². The van der Waals surface area contributed by atoms with Gasteiger partial charge in [-0.2, -0.15) is 0 Å². The van der Waals surface area contributed by atoms with Crippen LogP contribution in [0.1, 0.15) is 36.8 Å². The number of carbonyl (C=O) groups is 1. The van der Waals surface area contributed by atoms with Crippen LogP contribution in [-0.4, -0.2) is 17.2 Å². The van der Waals surface area contributed by atoms with Gasteiger partial charge in [0.2, 0.25) is 0 Å². The molecule has 3 rings (SSSR count). The molecule has 1 N–H and O–H groups in total. The minimum atomic E-state index is -0.537. The van der Waals surface area contributed by atoms with Crippen molar-refractivity contribution >= 4 is 5.97 Å². The van der Waals surface area contributed by atoms with Crippen LogP contribution in [0.2, 0.25) is 0 Å². The number of hydrogen-bond acceptors (Lipinski definition) is 3. The normalized spacial score (nSPS) is 18.5. The zero-order chi connectivity index (χ0) is 16.9. The first-order chi connectivity index (χ1) is 11.7. The predicted molar refractivity (Wildman–Crippen MR) is 93.8 cm³/mol. The van der Waals surface area contributed by atoms with Gasteiger partial charge in [-0.15, -0.1) is 0 Å². The molecule has 0 aromatic heterocycles. The molecule has 1 aliphatic rings. The van der Waals surface area contributed by atoms with Crippen molar-refractivity contribution in [1.29, 1.82) is 0 Å². The van der Waals surface area contributed by atoms with Crippen molar-refractivity contribution in [1.82, 2.24) is 0 Å². The second kappa shape index (κ2) is 7.35. The molecular formula is C21H22O3. The molecule has 0 bridgehead atoms. The summed E-state index contributed by atoms with van der Waals surface area (Å²) < 4.78 is 5.45. The van der Waals surface area contributed by atoms with Gasteiger partial charge in [0.15, 0.2) is 6.10 Å². The van der Waals surface area contributed by atoms with E-state index in [2.05, 4.69) is 0 Å². The maximum Gasteiger partial charge on any atom is 0.338 e. The van der Waals surface area contributed by atoms with Crippen molar-refractivity contribution < 1.29 is 14.6 Å². The van der Waals surface area contributed by atoms with Gasteiger partial charge in [-0.25, -0.2) is 4.79 Å². The minimum Gasteiger partial charge on any atom is -0.508 e. The molecule has 2 aromatic rings. The van der Waals surface area contributed by atoms with E-state index in [4.69, 9.17) is 4.74 Å². The summed E-state index contributed by atoms with van der Waals surface area (Å²) in [6, 6.07) is 19.8. The molecule has 0 radical (unpaired) electrons. The monoisotopic (exact) mass is 322 g/mol. The maximum absolute atomic E-state index is 12.3. The Bertz CT molecular complexity index is 719. The third-order valence-electron chi connectivity index (χ3n) is 4.55. The first-order valence-electron chi connectivity index (χ1n) is 8.43. The summed E-state index contributed by atoms with van der Waals surface area (Å²) in [5.41, 5.74) is 2.62. The topological polar surface area (TPSA) is 46.5 Å². The predicted octanol–water partition coefficient (Wildman–Crippen LogP) is 4.55. The minimum absolute atomic E-state index is 0.103. The highest BCUT2D eigenvalue weighted by Gasteiger charge is 2.38. The van der Waals surface area contributed by atoms with Gasteiger partial charge < -0.3 is 9.84 Å². The van der Waals surface area contributed by atoms with Gasteiger partial charge in [0.25, 0.3) is 0 Å². The lowest BCUT2D eigenvalue weighted by Gasteiger charge is -2.14. The fraction of sp³-hybridized carbons (Fsp3) is 0.286. The van der Waals surface area contributed by atoms with Crippen molar-refractivity contribution in [2.45, 2.75) is 38.2 Å². The van der Waals surface area contributed by atoms with E-state index in [0.717, 1.165) is 18.4 Å². The molecule has 0 spiro atoms. The van der Waals surface area contributed by atoms with Gasteiger partial charge in [0, 0.05) is 5.92 Å². The number of carbonyl (C=O) groups excluding carboxylic acids is 1. The summed E-state index contributed by atoms with van der Waals surface area (Å²) in [5.74, 6) is -0.409. The summed E-state index contributed by atoms with van der Waals surface area (Å²) in [4.78, 5) is 12.3. The lowest BCUT2D eigenvalue weighted by Crippen LogP contribution is -2.12. The maximum atomic E-state index is 12.3. The van der Waals surface area contributed by atoms with Crippen LogP contribution in [0, 0.1) is 0 Å². The van der Waals surface area contributed by atoms with E-state index in [9.17, 15) is 9.90 Å². The van der Waals surface area contributed by atoms with Gasteiger partial charge in [0.1, 0.15) is 5.76 Å². The highest BCUT2D eigenvalue weighted by atomic mass is 16.6. The molecule has 0 saturated heterocycles. The van der Waals surface area contributed by atoms with E-state index in [-0.39, 0.29) is 17.6 Å². The highest BCUT2D eigenvalue weighted by molar-refractivity contribution is 5.93. The first kappa shape index (κ1) is 16.3. The smallest absolute Gasteiger partial charge is 0.338 e. The molecule has 3 nitrogen and oxygen atoms in total. The Morgan fingerprint density at radius 1 is 1.04 bits per heavy atom. The van der Waals surface area contributed by atoms with E-state index in [1.165, 1.54) is 5.56 Å². The molecule has 0 fully saturated rings. The van der Waals surface area contributed by atoms with Crippen LogP contribution in [0.3, 0.4) is 0 Å². The summed E-state index contributed by atoms with van der Waals surface area (Å²) in [5, 5.41) is 10.6. The molecular weight excluding hydrogens is 300 g/mol. The highest BCUT2D eigenvalue weighted by Crippen LogP contribution is 2.36. The van der Waals surface area contributed by atoms with Crippen molar-refractivity contribution in [3.63, 3.8) is 0 Å². The summed E-state index contributed by atoms with van der Waals surface area (Å²) in [7, 11) is 0. The Morgan fingerprint density at radius 3 is 2.29 bits per heavy atom. The molecule has 2 aromatic carbocycles. The molecule has 1 heterocycles. The fourth-order valence-electron chi connectivity index (χ4n) is 3.28. The van der Waals surface area contributed by atoms with Gasteiger partial charge in [-0.05, 0) is 30.4 Å². The quantitative estimate of drug-likeness (QED) is 0.794.